The van der Waals surface area contributed by atoms with Crippen LogP contribution in [0.4, 0.5) is 13.2 Å². The molecule has 1 unspecified atom stereocenters. The second kappa shape index (κ2) is 7.06. The van der Waals surface area contributed by atoms with Crippen molar-refractivity contribution in [2.75, 3.05) is 26.8 Å². The van der Waals surface area contributed by atoms with Crippen LogP contribution in [0.25, 0.3) is 0 Å². The van der Waals surface area contributed by atoms with Crippen molar-refractivity contribution in [3.05, 3.63) is 0 Å². The Morgan fingerprint density at radius 2 is 2.00 bits per heavy atom. The zero-order chi connectivity index (χ0) is 11.0. The first-order valence-corrected chi connectivity index (χ1v) is 4.72. The summed E-state index contributed by atoms with van der Waals surface area (Å²) in [4.78, 5) is 0. The van der Waals surface area contributed by atoms with Crippen molar-refractivity contribution in [2.45, 2.75) is 25.9 Å². The number of ether oxygens (including phenoxy) is 1. The van der Waals surface area contributed by atoms with Gasteiger partial charge in [0, 0.05) is 20.1 Å². The third-order valence-corrected chi connectivity index (χ3v) is 1.76. The van der Waals surface area contributed by atoms with E-state index in [4.69, 9.17) is 4.74 Å². The maximum Gasteiger partial charge on any atom is 0.389 e. The fourth-order valence-corrected chi connectivity index (χ4v) is 1.11. The monoisotopic (exact) mass is 213 g/mol. The average molecular weight is 213 g/mol. The summed E-state index contributed by atoms with van der Waals surface area (Å²) >= 11 is 0. The first kappa shape index (κ1) is 13.7. The summed E-state index contributed by atoms with van der Waals surface area (Å²) < 4.78 is 40.0. The predicted octanol–water partition coefficient (Wildman–Crippen LogP) is 2.20. The van der Waals surface area contributed by atoms with Gasteiger partial charge in [0.15, 0.2) is 0 Å². The molecule has 1 N–H and O–H groups in total. The van der Waals surface area contributed by atoms with E-state index < -0.39 is 12.6 Å². The molecule has 0 amide bonds. The van der Waals surface area contributed by atoms with Crippen LogP contribution in [0.1, 0.15) is 19.8 Å². The van der Waals surface area contributed by atoms with Crippen LogP contribution in [0, 0.1) is 5.92 Å². The molecule has 0 aromatic rings. The van der Waals surface area contributed by atoms with Gasteiger partial charge >= 0.3 is 6.18 Å². The van der Waals surface area contributed by atoms with Gasteiger partial charge in [-0.15, -0.1) is 0 Å². The van der Waals surface area contributed by atoms with E-state index in [9.17, 15) is 13.2 Å². The molecular weight excluding hydrogens is 195 g/mol. The molecule has 5 heteroatoms. The van der Waals surface area contributed by atoms with Gasteiger partial charge in [0.2, 0.25) is 0 Å². The Balaban J connectivity index is 3.21. The van der Waals surface area contributed by atoms with Gasteiger partial charge in [-0.3, -0.25) is 0 Å². The van der Waals surface area contributed by atoms with Gasteiger partial charge < -0.3 is 10.1 Å². The molecule has 14 heavy (non-hydrogen) atoms. The molecule has 0 saturated carbocycles. The Bertz CT molecular complexity index is 139. The summed E-state index contributed by atoms with van der Waals surface area (Å²) in [5.41, 5.74) is 0. The minimum atomic E-state index is -4.03. The SMILES string of the molecule is COCC(C)CNCCCC(F)(F)F. The molecule has 1 atom stereocenters. The normalized spacial score (nSPS) is 14.4. The first-order chi connectivity index (χ1) is 6.45. The van der Waals surface area contributed by atoms with Crippen LogP contribution >= 0.6 is 0 Å². The Hall–Kier alpha value is -0.290. The van der Waals surface area contributed by atoms with Crippen molar-refractivity contribution < 1.29 is 17.9 Å². The average Bonchev–Trinajstić information content (AvgIpc) is 2.02. The van der Waals surface area contributed by atoms with Gasteiger partial charge in [-0.1, -0.05) is 6.92 Å². The zero-order valence-electron chi connectivity index (χ0n) is 8.66. The molecule has 0 rings (SSSR count). The molecule has 0 aliphatic heterocycles. The number of halogens is 3. The molecule has 0 heterocycles. The standard InChI is InChI=1S/C9H18F3NO/c1-8(7-14-2)6-13-5-3-4-9(10,11)12/h8,13H,3-7H2,1-2H3. The van der Waals surface area contributed by atoms with Crippen molar-refractivity contribution in [1.82, 2.24) is 5.32 Å². The van der Waals surface area contributed by atoms with E-state index in [1.807, 2.05) is 6.92 Å². The lowest BCUT2D eigenvalue weighted by Gasteiger charge is -2.11. The molecule has 0 bridgehead atoms. The summed E-state index contributed by atoms with van der Waals surface area (Å²) in [5, 5.41) is 2.96. The molecule has 0 aromatic carbocycles. The highest BCUT2D eigenvalue weighted by atomic mass is 19.4. The molecule has 0 spiro atoms. The quantitative estimate of drug-likeness (QED) is 0.655. The van der Waals surface area contributed by atoms with E-state index in [0.29, 0.717) is 25.6 Å². The molecule has 0 aliphatic rings. The Morgan fingerprint density at radius 3 is 2.50 bits per heavy atom. The largest absolute Gasteiger partial charge is 0.389 e. The third kappa shape index (κ3) is 9.80. The molecule has 0 fully saturated rings. The van der Waals surface area contributed by atoms with Crippen LogP contribution in [0.5, 0.6) is 0 Å². The highest BCUT2D eigenvalue weighted by molar-refractivity contribution is 4.57. The van der Waals surface area contributed by atoms with Crippen LogP contribution in [0.2, 0.25) is 0 Å². The van der Waals surface area contributed by atoms with E-state index in [1.165, 1.54) is 0 Å². The highest BCUT2D eigenvalue weighted by Gasteiger charge is 2.25. The summed E-state index contributed by atoms with van der Waals surface area (Å²) in [6, 6.07) is 0. The van der Waals surface area contributed by atoms with Crippen molar-refractivity contribution in [3.8, 4) is 0 Å². The molecule has 2 nitrogen and oxygen atoms in total. The minimum absolute atomic E-state index is 0.142. The topological polar surface area (TPSA) is 21.3 Å². The van der Waals surface area contributed by atoms with Gasteiger partial charge in [0.1, 0.15) is 0 Å². The second-order valence-corrected chi connectivity index (χ2v) is 3.48. The van der Waals surface area contributed by atoms with Crippen LogP contribution in [0.3, 0.4) is 0 Å². The maximum atomic E-state index is 11.7. The minimum Gasteiger partial charge on any atom is -0.384 e. The zero-order valence-corrected chi connectivity index (χ0v) is 8.66. The summed E-state index contributed by atoms with van der Waals surface area (Å²) in [6.07, 6.45) is -4.60. The van der Waals surface area contributed by atoms with Gasteiger partial charge in [-0.05, 0) is 25.4 Å². The fourth-order valence-electron chi connectivity index (χ4n) is 1.11. The van der Waals surface area contributed by atoms with E-state index in [0.717, 1.165) is 0 Å². The van der Waals surface area contributed by atoms with Crippen LogP contribution < -0.4 is 5.32 Å². The fraction of sp³-hybridized carbons (Fsp3) is 1.00. The number of alkyl halides is 3. The molecular formula is C9H18F3NO. The molecule has 86 valence electrons. The van der Waals surface area contributed by atoms with Crippen LogP contribution in [-0.4, -0.2) is 33.0 Å². The maximum absolute atomic E-state index is 11.7. The van der Waals surface area contributed by atoms with Crippen molar-refractivity contribution in [2.24, 2.45) is 5.92 Å². The molecule has 0 aromatic heterocycles. The van der Waals surface area contributed by atoms with Crippen LogP contribution in [0.15, 0.2) is 0 Å². The van der Waals surface area contributed by atoms with Gasteiger partial charge in [-0.25, -0.2) is 0 Å². The number of rotatable bonds is 7. The molecule has 0 saturated heterocycles. The Morgan fingerprint density at radius 1 is 1.36 bits per heavy atom. The lowest BCUT2D eigenvalue weighted by atomic mass is 10.2. The second-order valence-electron chi connectivity index (χ2n) is 3.48. The number of nitrogens with one attached hydrogen (secondary N) is 1. The number of methoxy groups -OCH3 is 1. The molecule has 0 aliphatic carbocycles. The van der Waals surface area contributed by atoms with Gasteiger partial charge in [0.05, 0.1) is 0 Å². The molecule has 0 radical (unpaired) electrons. The third-order valence-electron chi connectivity index (χ3n) is 1.76. The van der Waals surface area contributed by atoms with E-state index in [2.05, 4.69) is 5.32 Å². The summed E-state index contributed by atoms with van der Waals surface area (Å²) in [7, 11) is 1.61. The highest BCUT2D eigenvalue weighted by Crippen LogP contribution is 2.20. The Labute approximate surface area is 82.8 Å². The van der Waals surface area contributed by atoms with E-state index in [1.54, 1.807) is 7.11 Å². The van der Waals surface area contributed by atoms with Gasteiger partial charge in [0.25, 0.3) is 0 Å². The summed E-state index contributed by atoms with van der Waals surface area (Å²) in [6.45, 7) is 3.73. The van der Waals surface area contributed by atoms with Crippen LogP contribution in [-0.2, 0) is 4.74 Å². The van der Waals surface area contributed by atoms with E-state index in [-0.39, 0.29) is 6.42 Å². The lowest BCUT2D eigenvalue weighted by Crippen LogP contribution is -2.25. The Kier molecular flexibility index (Phi) is 6.92. The smallest absolute Gasteiger partial charge is 0.384 e. The van der Waals surface area contributed by atoms with Gasteiger partial charge in [-0.2, -0.15) is 13.2 Å². The predicted molar refractivity (Wildman–Crippen MR) is 49.2 cm³/mol. The lowest BCUT2D eigenvalue weighted by molar-refractivity contribution is -0.135. The first-order valence-electron chi connectivity index (χ1n) is 4.72. The van der Waals surface area contributed by atoms with Crippen molar-refractivity contribution in [3.63, 3.8) is 0 Å². The number of hydrogen-bond donors (Lipinski definition) is 1. The van der Waals surface area contributed by atoms with E-state index >= 15 is 0 Å². The summed E-state index contributed by atoms with van der Waals surface area (Å²) in [5.74, 6) is 0.339. The van der Waals surface area contributed by atoms with Crippen molar-refractivity contribution >= 4 is 0 Å². The number of hydrogen-bond acceptors (Lipinski definition) is 2. The van der Waals surface area contributed by atoms with Crippen molar-refractivity contribution in [1.29, 1.82) is 0 Å².